The molecule has 2 atom stereocenters. The van der Waals surface area contributed by atoms with E-state index in [-0.39, 0.29) is 12.6 Å². The standard InChI is InChI=1S/C14H29N3O2/c1-3-17-8-5-4-6-13(17)11-16-14(19)15-10-12(2)7-9-18/h12-13,18H,3-11H2,1-2H3,(H2,15,16,19). The summed E-state index contributed by atoms with van der Waals surface area (Å²) in [6.07, 6.45) is 4.44. The van der Waals surface area contributed by atoms with Gasteiger partial charge in [0, 0.05) is 25.7 Å². The van der Waals surface area contributed by atoms with Crippen molar-refractivity contribution >= 4 is 6.03 Å². The minimum absolute atomic E-state index is 0.0913. The SMILES string of the molecule is CCN1CCCCC1CNC(=O)NCC(C)CCO. The van der Waals surface area contributed by atoms with Gasteiger partial charge >= 0.3 is 6.03 Å². The lowest BCUT2D eigenvalue weighted by Gasteiger charge is -2.34. The second-order valence-electron chi connectivity index (χ2n) is 5.49. The zero-order valence-electron chi connectivity index (χ0n) is 12.3. The second-order valence-corrected chi connectivity index (χ2v) is 5.49. The predicted octanol–water partition coefficient (Wildman–Crippen LogP) is 1.18. The van der Waals surface area contributed by atoms with Crippen molar-refractivity contribution in [3.05, 3.63) is 0 Å². The number of amides is 2. The van der Waals surface area contributed by atoms with Crippen LogP contribution in [0.5, 0.6) is 0 Å². The van der Waals surface area contributed by atoms with E-state index >= 15 is 0 Å². The zero-order valence-corrected chi connectivity index (χ0v) is 12.3. The molecule has 2 amide bonds. The molecule has 1 saturated heterocycles. The van der Waals surface area contributed by atoms with Crippen LogP contribution in [0, 0.1) is 5.92 Å². The molecule has 1 rings (SSSR count). The van der Waals surface area contributed by atoms with Gasteiger partial charge in [-0.2, -0.15) is 0 Å². The van der Waals surface area contributed by atoms with Gasteiger partial charge in [-0.3, -0.25) is 4.90 Å². The molecule has 0 aromatic carbocycles. The summed E-state index contributed by atoms with van der Waals surface area (Å²) < 4.78 is 0. The van der Waals surface area contributed by atoms with Gasteiger partial charge in [-0.25, -0.2) is 4.79 Å². The molecule has 1 aliphatic rings. The molecule has 3 N–H and O–H groups in total. The number of likely N-dealkylation sites (N-methyl/N-ethyl adjacent to an activating group) is 1. The van der Waals surface area contributed by atoms with E-state index in [0.29, 0.717) is 18.5 Å². The Morgan fingerprint density at radius 3 is 2.89 bits per heavy atom. The average molecular weight is 271 g/mol. The summed E-state index contributed by atoms with van der Waals surface area (Å²) in [5.41, 5.74) is 0. The monoisotopic (exact) mass is 271 g/mol. The van der Waals surface area contributed by atoms with Gasteiger partial charge in [-0.15, -0.1) is 0 Å². The van der Waals surface area contributed by atoms with Gasteiger partial charge in [0.1, 0.15) is 0 Å². The highest BCUT2D eigenvalue weighted by atomic mass is 16.3. The summed E-state index contributed by atoms with van der Waals surface area (Å²) in [6, 6.07) is 0.394. The van der Waals surface area contributed by atoms with Crippen LogP contribution in [-0.4, -0.2) is 54.9 Å². The second kappa shape index (κ2) is 9.15. The fourth-order valence-electron chi connectivity index (χ4n) is 2.57. The van der Waals surface area contributed by atoms with E-state index in [1.165, 1.54) is 19.3 Å². The Kier molecular flexibility index (Phi) is 7.82. The third kappa shape index (κ3) is 6.25. The predicted molar refractivity (Wildman–Crippen MR) is 77.2 cm³/mol. The number of hydrogen-bond acceptors (Lipinski definition) is 3. The van der Waals surface area contributed by atoms with Crippen molar-refractivity contribution in [2.24, 2.45) is 5.92 Å². The van der Waals surface area contributed by atoms with E-state index in [1.807, 2.05) is 6.92 Å². The third-order valence-corrected chi connectivity index (χ3v) is 3.89. The van der Waals surface area contributed by atoms with Crippen molar-refractivity contribution < 1.29 is 9.90 Å². The van der Waals surface area contributed by atoms with Crippen molar-refractivity contribution in [3.63, 3.8) is 0 Å². The molecule has 0 saturated carbocycles. The number of piperidine rings is 1. The zero-order chi connectivity index (χ0) is 14.1. The highest BCUT2D eigenvalue weighted by Gasteiger charge is 2.21. The molecule has 0 aromatic rings. The van der Waals surface area contributed by atoms with Crippen LogP contribution in [0.4, 0.5) is 4.79 Å². The van der Waals surface area contributed by atoms with Crippen LogP contribution in [0.25, 0.3) is 0 Å². The molecule has 0 aromatic heterocycles. The van der Waals surface area contributed by atoms with Gasteiger partial charge in [0.15, 0.2) is 0 Å². The number of carbonyl (C=O) groups excluding carboxylic acids is 1. The lowest BCUT2D eigenvalue weighted by molar-refractivity contribution is 0.153. The van der Waals surface area contributed by atoms with E-state index in [9.17, 15) is 4.79 Å². The molecule has 1 heterocycles. The van der Waals surface area contributed by atoms with Crippen LogP contribution in [0.1, 0.15) is 39.5 Å². The molecule has 5 heteroatoms. The van der Waals surface area contributed by atoms with Crippen LogP contribution < -0.4 is 10.6 Å². The van der Waals surface area contributed by atoms with Crippen LogP contribution in [-0.2, 0) is 0 Å². The number of urea groups is 1. The Labute approximate surface area is 116 Å². The Morgan fingerprint density at radius 1 is 1.42 bits per heavy atom. The van der Waals surface area contributed by atoms with Gasteiger partial charge in [-0.1, -0.05) is 20.3 Å². The number of aliphatic hydroxyl groups excluding tert-OH is 1. The smallest absolute Gasteiger partial charge is 0.314 e. The number of aliphatic hydroxyl groups is 1. The summed E-state index contributed by atoms with van der Waals surface area (Å²) in [6.45, 7) is 7.94. The number of nitrogens with zero attached hydrogens (tertiary/aromatic N) is 1. The Balaban J connectivity index is 2.18. The maximum Gasteiger partial charge on any atom is 0.314 e. The molecule has 1 fully saturated rings. The van der Waals surface area contributed by atoms with E-state index in [2.05, 4.69) is 22.5 Å². The number of likely N-dealkylation sites (tertiary alicyclic amines) is 1. The summed E-state index contributed by atoms with van der Waals surface area (Å²) in [5, 5.41) is 14.6. The molecule has 19 heavy (non-hydrogen) atoms. The number of hydrogen-bond donors (Lipinski definition) is 3. The van der Waals surface area contributed by atoms with Gasteiger partial charge < -0.3 is 15.7 Å². The molecular formula is C14H29N3O2. The highest BCUT2D eigenvalue weighted by molar-refractivity contribution is 5.73. The van der Waals surface area contributed by atoms with Gasteiger partial charge in [0.05, 0.1) is 0 Å². The first kappa shape index (κ1) is 16.2. The minimum atomic E-state index is -0.0913. The van der Waals surface area contributed by atoms with Crippen molar-refractivity contribution in [1.29, 1.82) is 0 Å². The summed E-state index contributed by atoms with van der Waals surface area (Å²) in [7, 11) is 0. The van der Waals surface area contributed by atoms with Crippen molar-refractivity contribution in [2.45, 2.75) is 45.6 Å². The maximum absolute atomic E-state index is 11.7. The van der Waals surface area contributed by atoms with E-state index in [1.54, 1.807) is 0 Å². The van der Waals surface area contributed by atoms with E-state index in [0.717, 1.165) is 26.1 Å². The molecule has 0 bridgehead atoms. The van der Waals surface area contributed by atoms with Crippen LogP contribution in [0.15, 0.2) is 0 Å². The van der Waals surface area contributed by atoms with E-state index < -0.39 is 0 Å². The summed E-state index contributed by atoms with van der Waals surface area (Å²) >= 11 is 0. The molecule has 0 spiro atoms. The average Bonchev–Trinajstić information content (AvgIpc) is 2.43. The summed E-state index contributed by atoms with van der Waals surface area (Å²) in [4.78, 5) is 14.1. The van der Waals surface area contributed by atoms with Crippen LogP contribution in [0.2, 0.25) is 0 Å². The highest BCUT2D eigenvalue weighted by Crippen LogP contribution is 2.15. The van der Waals surface area contributed by atoms with Crippen LogP contribution in [0.3, 0.4) is 0 Å². The fraction of sp³-hybridized carbons (Fsp3) is 0.929. The first-order chi connectivity index (χ1) is 9.17. The lowest BCUT2D eigenvalue weighted by atomic mass is 10.0. The first-order valence-electron chi connectivity index (χ1n) is 7.54. The quantitative estimate of drug-likeness (QED) is 0.651. The molecule has 112 valence electrons. The lowest BCUT2D eigenvalue weighted by Crippen LogP contribution is -2.48. The van der Waals surface area contributed by atoms with Crippen molar-refractivity contribution in [1.82, 2.24) is 15.5 Å². The van der Waals surface area contributed by atoms with E-state index in [4.69, 9.17) is 5.11 Å². The number of carbonyl (C=O) groups is 1. The van der Waals surface area contributed by atoms with Crippen LogP contribution >= 0.6 is 0 Å². The maximum atomic E-state index is 11.7. The Hall–Kier alpha value is -0.810. The number of rotatable bonds is 7. The molecule has 0 radical (unpaired) electrons. The van der Waals surface area contributed by atoms with Crippen molar-refractivity contribution in [2.75, 3.05) is 32.8 Å². The Morgan fingerprint density at radius 2 is 2.21 bits per heavy atom. The van der Waals surface area contributed by atoms with Gasteiger partial charge in [0.2, 0.25) is 0 Å². The first-order valence-corrected chi connectivity index (χ1v) is 7.54. The minimum Gasteiger partial charge on any atom is -0.396 e. The third-order valence-electron chi connectivity index (χ3n) is 3.89. The van der Waals surface area contributed by atoms with Gasteiger partial charge in [-0.05, 0) is 38.3 Å². The fourth-order valence-corrected chi connectivity index (χ4v) is 2.57. The molecular weight excluding hydrogens is 242 g/mol. The normalized spacial score (nSPS) is 21.9. The van der Waals surface area contributed by atoms with Crippen molar-refractivity contribution in [3.8, 4) is 0 Å². The van der Waals surface area contributed by atoms with Gasteiger partial charge in [0.25, 0.3) is 0 Å². The molecule has 5 nitrogen and oxygen atoms in total. The number of nitrogens with one attached hydrogen (secondary N) is 2. The summed E-state index contributed by atoms with van der Waals surface area (Å²) in [5.74, 6) is 0.317. The molecule has 0 aliphatic carbocycles. The Bertz CT molecular complexity index is 261. The molecule has 2 unspecified atom stereocenters. The molecule has 1 aliphatic heterocycles. The topological polar surface area (TPSA) is 64.6 Å². The largest absolute Gasteiger partial charge is 0.396 e.